The maximum Gasteiger partial charge on any atom is 0.249 e. The molecule has 1 aromatic rings. The summed E-state index contributed by atoms with van der Waals surface area (Å²) in [6.45, 7) is 16.0. The molecule has 0 saturated carbocycles. The van der Waals surface area contributed by atoms with Crippen molar-refractivity contribution in [1.29, 1.82) is 0 Å². The number of nitrogens with zero attached hydrogens (tertiary/aromatic N) is 3. The Morgan fingerprint density at radius 1 is 0.974 bits per heavy atom. The van der Waals surface area contributed by atoms with E-state index in [2.05, 4.69) is 15.5 Å². The van der Waals surface area contributed by atoms with Crippen LogP contribution in [0.1, 0.15) is 67.2 Å². The number of rotatable bonds is 5. The minimum absolute atomic E-state index is 0.209. The zero-order chi connectivity index (χ0) is 28.7. The van der Waals surface area contributed by atoms with E-state index in [1.165, 1.54) is 6.07 Å². The first kappa shape index (κ1) is 33.3. The summed E-state index contributed by atoms with van der Waals surface area (Å²) in [5, 5.41) is 14.3. The number of likely N-dealkylation sites (tertiary alicyclic amines) is 1. The molecule has 1 unspecified atom stereocenters. The number of carbonyl (C=O) groups is 3. The monoisotopic (exact) mass is 537 g/mol. The molecule has 38 heavy (non-hydrogen) atoms. The van der Waals surface area contributed by atoms with E-state index in [1.807, 2.05) is 46.4 Å². The standard InChI is InChI=1S/C22H30FN5O4.3C2H6/c23-17-13-15(24-18-2-4-20(30)25-22(18)32)1-3-19(17)27-11-9-26(10-12-27)16-5-7-28(8-6-16)21(31)14-29;3*1-2/h1,3,13,16,18,24,29H,2,4-12,14H2,(H,25,30,32);3*1-2H3. The van der Waals surface area contributed by atoms with Crippen LogP contribution in [0.4, 0.5) is 15.8 Å². The quantitative estimate of drug-likeness (QED) is 0.496. The molecular formula is C28H48FN5O4. The Kier molecular flexibility index (Phi) is 15.5. The van der Waals surface area contributed by atoms with Crippen molar-refractivity contribution >= 4 is 29.1 Å². The van der Waals surface area contributed by atoms with Gasteiger partial charge in [0.05, 0.1) is 5.69 Å². The van der Waals surface area contributed by atoms with Crippen molar-refractivity contribution in [3.8, 4) is 0 Å². The Labute approximate surface area is 227 Å². The maximum atomic E-state index is 14.8. The largest absolute Gasteiger partial charge is 0.387 e. The van der Waals surface area contributed by atoms with E-state index < -0.39 is 12.6 Å². The third-order valence-corrected chi connectivity index (χ3v) is 6.65. The lowest BCUT2D eigenvalue weighted by molar-refractivity contribution is -0.136. The van der Waals surface area contributed by atoms with Crippen LogP contribution in [0.25, 0.3) is 0 Å². The number of carbonyl (C=O) groups excluding carboxylic acids is 3. The third-order valence-electron chi connectivity index (χ3n) is 6.65. The Morgan fingerprint density at radius 3 is 2.11 bits per heavy atom. The van der Waals surface area contributed by atoms with E-state index in [0.717, 1.165) is 25.9 Å². The summed E-state index contributed by atoms with van der Waals surface area (Å²) in [4.78, 5) is 41.0. The number of hydrogen-bond donors (Lipinski definition) is 3. The average Bonchev–Trinajstić information content (AvgIpc) is 2.97. The lowest BCUT2D eigenvalue weighted by Crippen LogP contribution is -2.54. The number of hydrogen-bond acceptors (Lipinski definition) is 7. The number of halogens is 1. The molecule has 9 nitrogen and oxygen atoms in total. The molecule has 3 aliphatic heterocycles. The molecule has 3 fully saturated rings. The molecule has 0 radical (unpaired) electrons. The number of amides is 3. The van der Waals surface area contributed by atoms with Crippen LogP contribution in [0.2, 0.25) is 0 Å². The highest BCUT2D eigenvalue weighted by Crippen LogP contribution is 2.26. The maximum absolute atomic E-state index is 14.8. The van der Waals surface area contributed by atoms with Gasteiger partial charge in [-0.25, -0.2) is 4.39 Å². The zero-order valence-corrected chi connectivity index (χ0v) is 24.1. The second kappa shape index (κ2) is 17.7. The van der Waals surface area contributed by atoms with Crippen molar-refractivity contribution in [2.45, 2.75) is 79.3 Å². The molecule has 10 heteroatoms. The number of piperidine rings is 2. The van der Waals surface area contributed by atoms with E-state index in [0.29, 0.717) is 50.0 Å². The minimum Gasteiger partial charge on any atom is -0.387 e. The van der Waals surface area contributed by atoms with Crippen LogP contribution >= 0.6 is 0 Å². The Morgan fingerprint density at radius 2 is 1.58 bits per heavy atom. The Balaban J connectivity index is 0.00000112. The number of aliphatic hydroxyl groups is 1. The van der Waals surface area contributed by atoms with Crippen LogP contribution in [0.5, 0.6) is 0 Å². The van der Waals surface area contributed by atoms with Gasteiger partial charge in [-0.2, -0.15) is 0 Å². The number of imide groups is 1. The molecule has 3 N–H and O–H groups in total. The van der Waals surface area contributed by atoms with Gasteiger partial charge < -0.3 is 20.2 Å². The van der Waals surface area contributed by atoms with Crippen molar-refractivity contribution in [2.75, 3.05) is 56.1 Å². The van der Waals surface area contributed by atoms with E-state index >= 15 is 0 Å². The van der Waals surface area contributed by atoms with Crippen LogP contribution in [0.15, 0.2) is 18.2 Å². The van der Waals surface area contributed by atoms with Crippen LogP contribution in [0.3, 0.4) is 0 Å². The molecule has 0 spiro atoms. The van der Waals surface area contributed by atoms with Crippen molar-refractivity contribution in [1.82, 2.24) is 15.1 Å². The lowest BCUT2D eigenvalue weighted by Gasteiger charge is -2.43. The van der Waals surface area contributed by atoms with Crippen LogP contribution in [-0.4, -0.2) is 90.6 Å². The Bertz CT molecular complexity index is 869. The van der Waals surface area contributed by atoms with Crippen molar-refractivity contribution in [3.05, 3.63) is 24.0 Å². The van der Waals surface area contributed by atoms with Crippen molar-refractivity contribution < 1.29 is 23.9 Å². The second-order valence-electron chi connectivity index (χ2n) is 8.61. The number of nitrogens with one attached hydrogen (secondary N) is 2. The van der Waals surface area contributed by atoms with Crippen LogP contribution in [-0.2, 0) is 14.4 Å². The molecule has 216 valence electrons. The summed E-state index contributed by atoms with van der Waals surface area (Å²) < 4.78 is 14.8. The molecule has 1 atom stereocenters. The highest BCUT2D eigenvalue weighted by atomic mass is 19.1. The average molecular weight is 538 g/mol. The van der Waals surface area contributed by atoms with Gasteiger partial charge in [-0.15, -0.1) is 0 Å². The minimum atomic E-state index is -0.541. The van der Waals surface area contributed by atoms with Gasteiger partial charge in [0.15, 0.2) is 0 Å². The summed E-state index contributed by atoms with van der Waals surface area (Å²) >= 11 is 0. The smallest absolute Gasteiger partial charge is 0.249 e. The molecule has 1 aromatic carbocycles. The summed E-state index contributed by atoms with van der Waals surface area (Å²) in [6, 6.07) is 4.77. The Hall–Kier alpha value is -2.72. The summed E-state index contributed by atoms with van der Waals surface area (Å²) in [6.07, 6.45) is 2.44. The topological polar surface area (TPSA) is 105 Å². The molecule has 0 aromatic heterocycles. The van der Waals surface area contributed by atoms with E-state index in [4.69, 9.17) is 5.11 Å². The van der Waals surface area contributed by atoms with Crippen molar-refractivity contribution in [3.63, 3.8) is 0 Å². The van der Waals surface area contributed by atoms with Gasteiger partial charge in [0.25, 0.3) is 0 Å². The molecule has 0 bridgehead atoms. The number of piperazine rings is 1. The van der Waals surface area contributed by atoms with Gasteiger partial charge in [0, 0.05) is 57.4 Å². The normalized spacial score (nSPS) is 20.1. The number of aliphatic hydroxyl groups excluding tert-OH is 1. The van der Waals surface area contributed by atoms with Crippen LogP contribution in [0, 0.1) is 5.82 Å². The fourth-order valence-corrected chi connectivity index (χ4v) is 4.79. The highest BCUT2D eigenvalue weighted by Gasteiger charge is 2.30. The molecule has 3 aliphatic rings. The first-order valence-electron chi connectivity index (χ1n) is 14.2. The molecule has 3 heterocycles. The fraction of sp³-hybridized carbons (Fsp3) is 0.679. The highest BCUT2D eigenvalue weighted by molar-refractivity contribution is 6.01. The predicted molar refractivity (Wildman–Crippen MR) is 151 cm³/mol. The number of benzene rings is 1. The lowest BCUT2D eigenvalue weighted by atomic mass is 10.0. The van der Waals surface area contributed by atoms with Crippen LogP contribution < -0.4 is 15.5 Å². The molecule has 4 rings (SSSR count). The van der Waals surface area contributed by atoms with Gasteiger partial charge in [0.1, 0.15) is 18.5 Å². The second-order valence-corrected chi connectivity index (χ2v) is 8.61. The van der Waals surface area contributed by atoms with E-state index in [9.17, 15) is 18.8 Å². The fourth-order valence-electron chi connectivity index (χ4n) is 4.79. The molecular weight excluding hydrogens is 489 g/mol. The van der Waals surface area contributed by atoms with Gasteiger partial charge >= 0.3 is 0 Å². The summed E-state index contributed by atoms with van der Waals surface area (Å²) in [5.74, 6) is -1.21. The first-order valence-corrected chi connectivity index (χ1v) is 14.2. The van der Waals surface area contributed by atoms with Gasteiger partial charge in [-0.1, -0.05) is 41.5 Å². The predicted octanol–water partition coefficient (Wildman–Crippen LogP) is 3.23. The summed E-state index contributed by atoms with van der Waals surface area (Å²) in [7, 11) is 0. The van der Waals surface area contributed by atoms with E-state index in [-0.39, 0.29) is 30.0 Å². The van der Waals surface area contributed by atoms with Gasteiger partial charge in [0.2, 0.25) is 17.7 Å². The van der Waals surface area contributed by atoms with E-state index in [1.54, 1.807) is 17.0 Å². The molecule has 0 aliphatic carbocycles. The SMILES string of the molecule is CC.CC.CC.O=C1CCC(Nc2ccc(N3CCN(C4CCN(C(=O)CO)CC4)CC3)c(F)c2)C(=O)N1. The number of anilines is 2. The van der Waals surface area contributed by atoms with Gasteiger partial charge in [-0.05, 0) is 37.5 Å². The molecule has 3 saturated heterocycles. The van der Waals surface area contributed by atoms with Crippen molar-refractivity contribution in [2.24, 2.45) is 0 Å². The third kappa shape index (κ3) is 9.23. The first-order chi connectivity index (χ1) is 18.4. The summed E-state index contributed by atoms with van der Waals surface area (Å²) in [5.41, 5.74) is 1.06. The molecule has 3 amide bonds. The van der Waals surface area contributed by atoms with Gasteiger partial charge in [-0.3, -0.25) is 24.6 Å². The zero-order valence-electron chi connectivity index (χ0n) is 24.1.